The van der Waals surface area contributed by atoms with Gasteiger partial charge >= 0.3 is 12.4 Å². The minimum atomic E-state index is -4.97. The van der Waals surface area contributed by atoms with E-state index < -0.39 is 40.5 Å². The molecule has 1 N–H and O–H groups in total. The normalized spacial score (nSPS) is 13.6. The first kappa shape index (κ1) is 22.4. The van der Waals surface area contributed by atoms with Crippen molar-refractivity contribution in [1.29, 1.82) is 0 Å². The summed E-state index contributed by atoms with van der Waals surface area (Å²) in [7, 11) is 0. The SMILES string of the molecule is Cc1c(C)c(C)c([S+]([O-])Nc2cc(C(F)(F)F)cc(C(F)(F)F)c2)c(C)c1C. The van der Waals surface area contributed by atoms with Gasteiger partial charge in [0.1, 0.15) is 11.4 Å². The summed E-state index contributed by atoms with van der Waals surface area (Å²) in [5.74, 6) is 0. The summed E-state index contributed by atoms with van der Waals surface area (Å²) in [6.07, 6.45) is -9.94. The van der Waals surface area contributed by atoms with Gasteiger partial charge in [0.2, 0.25) is 0 Å². The summed E-state index contributed by atoms with van der Waals surface area (Å²) >= 11 is -2.04. The Kier molecular flexibility index (Phi) is 6.02. The number of halogens is 6. The lowest BCUT2D eigenvalue weighted by molar-refractivity contribution is -0.143. The Morgan fingerprint density at radius 2 is 1.04 bits per heavy atom. The number of alkyl halides is 6. The van der Waals surface area contributed by atoms with Crippen LogP contribution in [0.1, 0.15) is 38.9 Å². The van der Waals surface area contributed by atoms with Crippen LogP contribution in [0.3, 0.4) is 0 Å². The van der Waals surface area contributed by atoms with Crippen molar-refractivity contribution in [2.24, 2.45) is 0 Å². The Balaban J connectivity index is 2.54. The van der Waals surface area contributed by atoms with Crippen molar-refractivity contribution in [1.82, 2.24) is 0 Å². The third-order valence-electron chi connectivity index (χ3n) is 4.91. The van der Waals surface area contributed by atoms with Crippen molar-refractivity contribution in [3.63, 3.8) is 0 Å². The monoisotopic (exact) mass is 423 g/mol. The van der Waals surface area contributed by atoms with E-state index in [0.29, 0.717) is 28.2 Å². The Bertz CT molecular complexity index is 844. The van der Waals surface area contributed by atoms with Crippen LogP contribution in [-0.4, -0.2) is 4.55 Å². The molecule has 0 saturated heterocycles. The lowest BCUT2D eigenvalue weighted by Crippen LogP contribution is -2.19. The molecule has 1 atom stereocenters. The average Bonchev–Trinajstić information content (AvgIpc) is 2.56. The summed E-state index contributed by atoms with van der Waals surface area (Å²) in [6, 6.07) is 1.07. The molecule has 0 saturated carbocycles. The number of rotatable bonds is 3. The molecule has 0 heterocycles. The highest BCUT2D eigenvalue weighted by Crippen LogP contribution is 2.38. The summed E-state index contributed by atoms with van der Waals surface area (Å²) < 4.78 is 93.2. The molecule has 0 bridgehead atoms. The molecule has 2 nitrogen and oxygen atoms in total. The predicted molar refractivity (Wildman–Crippen MR) is 96.6 cm³/mol. The molecule has 0 radical (unpaired) electrons. The first-order valence-electron chi connectivity index (χ1n) is 8.19. The van der Waals surface area contributed by atoms with Gasteiger partial charge in [-0.05, 0) is 69.5 Å². The Morgan fingerprint density at radius 1 is 0.679 bits per heavy atom. The summed E-state index contributed by atoms with van der Waals surface area (Å²) in [4.78, 5) is 0.353. The molecule has 0 aromatic heterocycles. The quantitative estimate of drug-likeness (QED) is 0.458. The van der Waals surface area contributed by atoms with E-state index in [1.54, 1.807) is 13.8 Å². The van der Waals surface area contributed by atoms with Gasteiger partial charge in [-0.1, -0.05) is 0 Å². The number of benzene rings is 2. The van der Waals surface area contributed by atoms with Gasteiger partial charge < -0.3 is 4.55 Å². The van der Waals surface area contributed by atoms with Crippen LogP contribution in [0.2, 0.25) is 0 Å². The summed E-state index contributed by atoms with van der Waals surface area (Å²) in [5, 5.41) is 0. The molecule has 2 aromatic carbocycles. The lowest BCUT2D eigenvalue weighted by atomic mass is 9.95. The molecule has 0 spiro atoms. The van der Waals surface area contributed by atoms with Crippen molar-refractivity contribution in [2.45, 2.75) is 51.9 Å². The van der Waals surface area contributed by atoms with Crippen LogP contribution in [0.15, 0.2) is 23.1 Å². The molecule has 0 aliphatic carbocycles. The van der Waals surface area contributed by atoms with E-state index in [0.717, 1.165) is 16.7 Å². The van der Waals surface area contributed by atoms with Gasteiger partial charge in [-0.2, -0.15) is 26.3 Å². The number of anilines is 1. The molecular formula is C19H19F6NOS. The van der Waals surface area contributed by atoms with E-state index >= 15 is 0 Å². The van der Waals surface area contributed by atoms with Crippen molar-refractivity contribution >= 4 is 17.0 Å². The van der Waals surface area contributed by atoms with Crippen LogP contribution in [-0.2, 0) is 23.7 Å². The standard InChI is InChI=1S/C19H19F6NOS/c1-9-10(2)12(4)17(13(5)11(9)3)28(27)26-16-7-14(18(20,21)22)6-15(8-16)19(23,24)25/h6-8,26H,1-5H3. The zero-order chi connectivity index (χ0) is 21.6. The topological polar surface area (TPSA) is 35.1 Å². The fourth-order valence-corrected chi connectivity index (χ4v) is 4.21. The maximum absolute atomic E-state index is 13.0. The molecule has 0 fully saturated rings. The van der Waals surface area contributed by atoms with E-state index in [9.17, 15) is 30.9 Å². The van der Waals surface area contributed by atoms with Gasteiger partial charge in [-0.25, -0.2) is 4.72 Å². The van der Waals surface area contributed by atoms with E-state index in [1.807, 2.05) is 20.8 Å². The Hall–Kier alpha value is -1.87. The van der Waals surface area contributed by atoms with E-state index in [2.05, 4.69) is 4.72 Å². The second-order valence-electron chi connectivity index (χ2n) is 6.62. The molecule has 2 aromatic rings. The van der Waals surface area contributed by atoms with Crippen LogP contribution >= 0.6 is 0 Å². The largest absolute Gasteiger partial charge is 0.588 e. The molecule has 9 heteroatoms. The van der Waals surface area contributed by atoms with Gasteiger partial charge in [0.15, 0.2) is 4.90 Å². The second kappa shape index (κ2) is 7.51. The molecule has 0 aliphatic rings. The van der Waals surface area contributed by atoms with Gasteiger partial charge in [0, 0.05) is 11.1 Å². The van der Waals surface area contributed by atoms with Crippen LogP contribution in [0.4, 0.5) is 32.0 Å². The smallest absolute Gasteiger partial charge is 0.416 e. The van der Waals surface area contributed by atoms with E-state index in [-0.39, 0.29) is 6.07 Å². The minimum absolute atomic E-state index is 0.0325. The molecule has 0 aliphatic heterocycles. The molecule has 154 valence electrons. The summed E-state index contributed by atoms with van der Waals surface area (Å²) in [6.45, 7) is 8.98. The van der Waals surface area contributed by atoms with Gasteiger partial charge in [-0.3, -0.25) is 0 Å². The maximum Gasteiger partial charge on any atom is 0.416 e. The lowest BCUT2D eigenvalue weighted by Gasteiger charge is -2.21. The molecular weight excluding hydrogens is 404 g/mol. The number of nitrogens with one attached hydrogen (secondary N) is 1. The molecule has 0 amide bonds. The Labute approximate surface area is 162 Å². The van der Waals surface area contributed by atoms with Crippen molar-refractivity contribution in [3.8, 4) is 0 Å². The molecule has 2 rings (SSSR count). The predicted octanol–water partition coefficient (Wildman–Crippen LogP) is 6.40. The van der Waals surface area contributed by atoms with Crippen molar-refractivity contribution in [3.05, 3.63) is 57.1 Å². The van der Waals surface area contributed by atoms with Gasteiger partial charge in [-0.15, -0.1) is 0 Å². The fraction of sp³-hybridized carbons (Fsp3) is 0.368. The molecule has 1 unspecified atom stereocenters. The van der Waals surface area contributed by atoms with E-state index in [1.165, 1.54) is 0 Å². The van der Waals surface area contributed by atoms with Crippen molar-refractivity contribution < 1.29 is 30.9 Å². The average molecular weight is 423 g/mol. The van der Waals surface area contributed by atoms with Crippen LogP contribution < -0.4 is 4.72 Å². The van der Waals surface area contributed by atoms with Crippen LogP contribution in [0.5, 0.6) is 0 Å². The van der Waals surface area contributed by atoms with Crippen LogP contribution in [0.25, 0.3) is 0 Å². The highest BCUT2D eigenvalue weighted by molar-refractivity contribution is 7.92. The highest BCUT2D eigenvalue weighted by atomic mass is 32.2. The number of hydrogen-bond donors (Lipinski definition) is 1. The first-order valence-corrected chi connectivity index (χ1v) is 9.34. The zero-order valence-electron chi connectivity index (χ0n) is 15.8. The first-order chi connectivity index (χ1) is 12.6. The van der Waals surface area contributed by atoms with Crippen LogP contribution in [0, 0.1) is 34.6 Å². The fourth-order valence-electron chi connectivity index (χ4n) is 2.92. The maximum atomic E-state index is 13.0. The summed E-state index contributed by atoms with van der Waals surface area (Å²) in [5.41, 5.74) is 0.632. The zero-order valence-corrected chi connectivity index (χ0v) is 16.6. The van der Waals surface area contributed by atoms with Crippen molar-refractivity contribution in [2.75, 3.05) is 4.72 Å². The third kappa shape index (κ3) is 4.41. The highest BCUT2D eigenvalue weighted by Gasteiger charge is 2.37. The third-order valence-corrected chi connectivity index (χ3v) is 6.32. The minimum Gasteiger partial charge on any atom is -0.588 e. The number of hydrogen-bond acceptors (Lipinski definition) is 2. The van der Waals surface area contributed by atoms with E-state index in [4.69, 9.17) is 0 Å². The van der Waals surface area contributed by atoms with Gasteiger partial charge in [0.05, 0.1) is 16.8 Å². The second-order valence-corrected chi connectivity index (χ2v) is 7.77. The molecule has 28 heavy (non-hydrogen) atoms. The Morgan fingerprint density at radius 3 is 1.39 bits per heavy atom. The van der Waals surface area contributed by atoms with Gasteiger partial charge in [0.25, 0.3) is 0 Å².